The summed E-state index contributed by atoms with van der Waals surface area (Å²) in [7, 11) is 0. The molecule has 0 radical (unpaired) electrons. The molecule has 1 aliphatic heterocycles. The summed E-state index contributed by atoms with van der Waals surface area (Å²) in [5, 5.41) is 6.44. The Kier molecular flexibility index (Phi) is 6.64. The van der Waals surface area contributed by atoms with E-state index in [1.807, 2.05) is 43.0 Å². The van der Waals surface area contributed by atoms with Gasteiger partial charge >= 0.3 is 0 Å². The van der Waals surface area contributed by atoms with Crippen LogP contribution in [0.4, 0.5) is 0 Å². The first-order valence-corrected chi connectivity index (χ1v) is 12.4. The fraction of sp³-hybridized carbons (Fsp3) is 0.381. The molecule has 3 aromatic rings. The van der Waals surface area contributed by atoms with Gasteiger partial charge in [-0.15, -0.1) is 34.4 Å². The largest absolute Gasteiger partial charge is 0.336 e. The first-order valence-electron chi connectivity index (χ1n) is 9.63. The summed E-state index contributed by atoms with van der Waals surface area (Å²) in [6.07, 6.45) is 0. The van der Waals surface area contributed by atoms with Crippen molar-refractivity contribution in [3.63, 3.8) is 0 Å². The van der Waals surface area contributed by atoms with E-state index < -0.39 is 0 Å². The monoisotopic (exact) mass is 444 g/mol. The van der Waals surface area contributed by atoms with Gasteiger partial charge in [-0.2, -0.15) is 0 Å². The lowest BCUT2D eigenvalue weighted by Crippen LogP contribution is -2.48. The maximum absolute atomic E-state index is 12.8. The normalized spacial score (nSPS) is 15.0. The Bertz CT molecular complexity index is 958. The van der Waals surface area contributed by atoms with Crippen LogP contribution in [0, 0.1) is 13.8 Å². The zero-order valence-electron chi connectivity index (χ0n) is 16.6. The first kappa shape index (κ1) is 20.5. The summed E-state index contributed by atoms with van der Waals surface area (Å²) in [4.78, 5) is 27.4. The second-order valence-corrected chi connectivity index (χ2v) is 10.3. The van der Waals surface area contributed by atoms with Gasteiger partial charge in [0, 0.05) is 59.7 Å². The molecule has 5 nitrogen and oxygen atoms in total. The van der Waals surface area contributed by atoms with Crippen LogP contribution in [0.1, 0.15) is 31.8 Å². The minimum atomic E-state index is 0.126. The zero-order chi connectivity index (χ0) is 20.2. The van der Waals surface area contributed by atoms with Crippen molar-refractivity contribution in [3.05, 3.63) is 62.0 Å². The van der Waals surface area contributed by atoms with Gasteiger partial charge in [-0.25, -0.2) is 9.97 Å². The molecule has 1 aliphatic rings. The van der Waals surface area contributed by atoms with Crippen molar-refractivity contribution in [2.75, 3.05) is 26.2 Å². The summed E-state index contributed by atoms with van der Waals surface area (Å²) in [6.45, 7) is 8.25. The van der Waals surface area contributed by atoms with E-state index in [1.165, 1.54) is 0 Å². The molecule has 1 fully saturated rings. The zero-order valence-corrected chi connectivity index (χ0v) is 19.1. The number of carbonyl (C=O) groups is 1. The topological polar surface area (TPSA) is 49.3 Å². The summed E-state index contributed by atoms with van der Waals surface area (Å²) >= 11 is 5.13. The summed E-state index contributed by atoms with van der Waals surface area (Å²) < 4.78 is 0. The third-order valence-corrected chi connectivity index (χ3v) is 7.56. The number of thiazole rings is 2. The van der Waals surface area contributed by atoms with Gasteiger partial charge in [0.1, 0.15) is 0 Å². The summed E-state index contributed by atoms with van der Waals surface area (Å²) in [5.74, 6) is 0.985. The number of amides is 1. The van der Waals surface area contributed by atoms with Crippen molar-refractivity contribution in [2.24, 2.45) is 0 Å². The number of aryl methyl sites for hydroxylation is 2. The molecule has 3 heterocycles. The van der Waals surface area contributed by atoms with E-state index in [4.69, 9.17) is 0 Å². The van der Waals surface area contributed by atoms with E-state index in [0.717, 1.165) is 70.3 Å². The summed E-state index contributed by atoms with van der Waals surface area (Å²) in [5.41, 5.74) is 3.01. The van der Waals surface area contributed by atoms with Gasteiger partial charge in [0.15, 0.2) is 0 Å². The number of hydrogen-bond donors (Lipinski definition) is 0. The SMILES string of the molecule is Cc1nc(CSc2ccc(C(=O)N3CCN(Cc4csc(C)n4)CC3)cc2)cs1. The van der Waals surface area contributed by atoms with Crippen LogP contribution in [0.2, 0.25) is 0 Å². The third-order valence-electron chi connectivity index (χ3n) is 4.87. The Morgan fingerprint density at radius 1 is 0.966 bits per heavy atom. The number of rotatable bonds is 6. The average molecular weight is 445 g/mol. The van der Waals surface area contributed by atoms with Crippen molar-refractivity contribution in [2.45, 2.75) is 31.0 Å². The number of carbonyl (C=O) groups excluding carboxylic acids is 1. The molecule has 152 valence electrons. The summed E-state index contributed by atoms with van der Waals surface area (Å²) in [6, 6.07) is 7.97. The number of thioether (sulfide) groups is 1. The maximum Gasteiger partial charge on any atom is 0.253 e. The highest BCUT2D eigenvalue weighted by Gasteiger charge is 2.22. The minimum Gasteiger partial charge on any atom is -0.336 e. The van der Waals surface area contributed by atoms with Crippen LogP contribution in [0.3, 0.4) is 0 Å². The fourth-order valence-electron chi connectivity index (χ4n) is 3.33. The predicted octanol–water partition coefficient (Wildman–Crippen LogP) is 4.47. The highest BCUT2D eigenvalue weighted by Crippen LogP contribution is 2.24. The number of benzene rings is 1. The van der Waals surface area contributed by atoms with Crippen molar-refractivity contribution in [3.8, 4) is 0 Å². The lowest BCUT2D eigenvalue weighted by Gasteiger charge is -2.34. The minimum absolute atomic E-state index is 0.126. The predicted molar refractivity (Wildman–Crippen MR) is 121 cm³/mol. The molecule has 0 bridgehead atoms. The van der Waals surface area contributed by atoms with Crippen LogP contribution >= 0.6 is 34.4 Å². The van der Waals surface area contributed by atoms with Gasteiger partial charge in [-0.3, -0.25) is 9.69 Å². The smallest absolute Gasteiger partial charge is 0.253 e. The first-order chi connectivity index (χ1) is 14.1. The van der Waals surface area contributed by atoms with Crippen molar-refractivity contribution in [1.82, 2.24) is 19.8 Å². The van der Waals surface area contributed by atoms with Gasteiger partial charge in [-0.05, 0) is 38.1 Å². The van der Waals surface area contributed by atoms with Crippen LogP contribution in [0.25, 0.3) is 0 Å². The van der Waals surface area contributed by atoms with Crippen LogP contribution < -0.4 is 0 Å². The standard InChI is InChI=1S/C21H24N4OS3/c1-15-22-18(12-27-15)11-24-7-9-25(10-8-24)21(26)17-3-5-20(6-4-17)29-14-19-13-28-16(2)23-19/h3-6,12-13H,7-11,14H2,1-2H3. The average Bonchev–Trinajstić information content (AvgIpc) is 3.34. The second-order valence-electron chi connectivity index (χ2n) is 7.10. The molecule has 8 heteroatoms. The van der Waals surface area contributed by atoms with E-state index in [2.05, 4.69) is 25.6 Å². The van der Waals surface area contributed by atoms with Gasteiger partial charge in [0.2, 0.25) is 0 Å². The Balaban J connectivity index is 1.27. The lowest BCUT2D eigenvalue weighted by molar-refractivity contribution is 0.0627. The van der Waals surface area contributed by atoms with Crippen LogP contribution in [0.15, 0.2) is 39.9 Å². The number of piperazine rings is 1. The molecule has 0 spiro atoms. The van der Waals surface area contributed by atoms with E-state index in [9.17, 15) is 4.79 Å². The lowest BCUT2D eigenvalue weighted by atomic mass is 10.2. The molecule has 0 aliphatic carbocycles. The van der Waals surface area contributed by atoms with Crippen molar-refractivity contribution >= 4 is 40.3 Å². The molecule has 4 rings (SSSR count). The van der Waals surface area contributed by atoms with E-state index in [0.29, 0.717) is 0 Å². The molecule has 1 amide bonds. The Labute approximate surface area is 183 Å². The van der Waals surface area contributed by atoms with Gasteiger partial charge in [0.05, 0.1) is 21.4 Å². The number of nitrogens with zero attached hydrogens (tertiary/aromatic N) is 4. The Morgan fingerprint density at radius 2 is 1.59 bits per heavy atom. The number of hydrogen-bond acceptors (Lipinski definition) is 7. The van der Waals surface area contributed by atoms with Gasteiger partial charge < -0.3 is 4.90 Å². The van der Waals surface area contributed by atoms with Crippen molar-refractivity contribution < 1.29 is 4.79 Å². The quantitative estimate of drug-likeness (QED) is 0.525. The maximum atomic E-state index is 12.8. The molecule has 0 saturated carbocycles. The highest BCUT2D eigenvalue weighted by atomic mass is 32.2. The van der Waals surface area contributed by atoms with E-state index in [-0.39, 0.29) is 5.91 Å². The molecule has 1 aromatic carbocycles. The molecule has 1 saturated heterocycles. The molecular weight excluding hydrogens is 420 g/mol. The fourth-order valence-corrected chi connectivity index (χ4v) is 5.44. The third kappa shape index (κ3) is 5.45. The van der Waals surface area contributed by atoms with Gasteiger partial charge in [-0.1, -0.05) is 0 Å². The molecular formula is C21H24N4OS3. The van der Waals surface area contributed by atoms with E-state index in [1.54, 1.807) is 34.4 Å². The highest BCUT2D eigenvalue weighted by molar-refractivity contribution is 7.98. The van der Waals surface area contributed by atoms with Crippen LogP contribution in [-0.4, -0.2) is 51.9 Å². The molecule has 0 atom stereocenters. The van der Waals surface area contributed by atoms with Crippen LogP contribution in [0.5, 0.6) is 0 Å². The second kappa shape index (κ2) is 9.38. The molecule has 0 unspecified atom stereocenters. The van der Waals surface area contributed by atoms with Crippen LogP contribution in [-0.2, 0) is 12.3 Å². The Hall–Kier alpha value is -1.74. The van der Waals surface area contributed by atoms with E-state index >= 15 is 0 Å². The van der Waals surface area contributed by atoms with Crippen molar-refractivity contribution in [1.29, 1.82) is 0 Å². The molecule has 29 heavy (non-hydrogen) atoms. The molecule has 0 N–H and O–H groups in total. The van der Waals surface area contributed by atoms with Gasteiger partial charge in [0.25, 0.3) is 5.91 Å². The Morgan fingerprint density at radius 3 is 2.17 bits per heavy atom. The molecule has 2 aromatic heterocycles. The number of aromatic nitrogens is 2.